The van der Waals surface area contributed by atoms with Crippen LogP contribution in [0.4, 0.5) is 0 Å². The van der Waals surface area contributed by atoms with Crippen molar-refractivity contribution in [3.63, 3.8) is 0 Å². The molecule has 5 heteroatoms. The van der Waals surface area contributed by atoms with Crippen LogP contribution >= 0.6 is 11.3 Å². The molecule has 0 saturated heterocycles. The van der Waals surface area contributed by atoms with E-state index in [0.29, 0.717) is 5.88 Å². The molecule has 0 spiro atoms. The predicted molar refractivity (Wildman–Crippen MR) is 68.2 cm³/mol. The summed E-state index contributed by atoms with van der Waals surface area (Å²) in [4.78, 5) is 9.65. The van der Waals surface area contributed by atoms with Gasteiger partial charge < -0.3 is 10.1 Å². The Morgan fingerprint density at radius 3 is 2.94 bits per heavy atom. The highest BCUT2D eigenvalue weighted by molar-refractivity contribution is 7.09. The summed E-state index contributed by atoms with van der Waals surface area (Å²) in [6.45, 7) is 3.60. The molecule has 2 aromatic heterocycles. The van der Waals surface area contributed by atoms with Crippen molar-refractivity contribution in [1.29, 1.82) is 0 Å². The first kappa shape index (κ1) is 12.0. The van der Waals surface area contributed by atoms with Crippen LogP contribution in [-0.4, -0.2) is 17.1 Å². The van der Waals surface area contributed by atoms with Gasteiger partial charge in [0.1, 0.15) is 0 Å². The molecule has 0 amide bonds. The molecule has 0 saturated carbocycles. The van der Waals surface area contributed by atoms with Gasteiger partial charge >= 0.3 is 0 Å². The first-order valence-corrected chi connectivity index (χ1v) is 6.27. The number of aryl methyl sites for hydroxylation is 1. The Balaban J connectivity index is 1.92. The Bertz CT molecular complexity index is 484. The third kappa shape index (κ3) is 3.01. The fourth-order valence-electron chi connectivity index (χ4n) is 1.55. The van der Waals surface area contributed by atoms with E-state index in [0.717, 1.165) is 24.3 Å². The van der Waals surface area contributed by atoms with Crippen LogP contribution in [0, 0.1) is 6.92 Å². The first-order chi connectivity index (χ1) is 8.31. The van der Waals surface area contributed by atoms with E-state index in [1.807, 2.05) is 24.6 Å². The quantitative estimate of drug-likeness (QED) is 0.882. The van der Waals surface area contributed by atoms with E-state index in [2.05, 4.69) is 15.3 Å². The largest absolute Gasteiger partial charge is 0.481 e. The zero-order valence-electron chi connectivity index (χ0n) is 9.93. The summed E-state index contributed by atoms with van der Waals surface area (Å²) in [5, 5.41) is 3.37. The van der Waals surface area contributed by atoms with Gasteiger partial charge in [-0.05, 0) is 13.0 Å². The SMILES string of the molecule is COc1ncccc1CNCc1scnc1C. The monoisotopic (exact) mass is 249 g/mol. The molecule has 4 nitrogen and oxygen atoms in total. The number of methoxy groups -OCH3 is 1. The van der Waals surface area contributed by atoms with Gasteiger partial charge in [-0.3, -0.25) is 0 Å². The van der Waals surface area contributed by atoms with Crippen molar-refractivity contribution < 1.29 is 4.74 Å². The van der Waals surface area contributed by atoms with E-state index in [1.54, 1.807) is 24.6 Å². The van der Waals surface area contributed by atoms with E-state index in [1.165, 1.54) is 4.88 Å². The van der Waals surface area contributed by atoms with E-state index < -0.39 is 0 Å². The maximum Gasteiger partial charge on any atom is 0.217 e. The van der Waals surface area contributed by atoms with Gasteiger partial charge in [0.25, 0.3) is 0 Å². The number of thiazole rings is 1. The van der Waals surface area contributed by atoms with Crippen LogP contribution < -0.4 is 10.1 Å². The standard InChI is InChI=1S/C12H15N3OS/c1-9-11(17-8-15-9)7-13-6-10-4-3-5-14-12(10)16-2/h3-5,8,13H,6-7H2,1-2H3. The summed E-state index contributed by atoms with van der Waals surface area (Å²) < 4.78 is 5.20. The van der Waals surface area contributed by atoms with Crippen molar-refractivity contribution in [1.82, 2.24) is 15.3 Å². The molecule has 0 aromatic carbocycles. The summed E-state index contributed by atoms with van der Waals surface area (Å²) >= 11 is 1.67. The third-order valence-electron chi connectivity index (χ3n) is 2.49. The number of nitrogens with zero attached hydrogens (tertiary/aromatic N) is 2. The lowest BCUT2D eigenvalue weighted by molar-refractivity contribution is 0.390. The highest BCUT2D eigenvalue weighted by Gasteiger charge is 2.04. The number of aromatic nitrogens is 2. The van der Waals surface area contributed by atoms with Gasteiger partial charge in [-0.25, -0.2) is 9.97 Å². The summed E-state index contributed by atoms with van der Waals surface area (Å²) in [6.07, 6.45) is 1.73. The molecule has 0 atom stereocenters. The molecule has 90 valence electrons. The maximum absolute atomic E-state index is 5.20. The number of rotatable bonds is 5. The predicted octanol–water partition coefficient (Wildman–Crippen LogP) is 2.14. The van der Waals surface area contributed by atoms with Crippen LogP contribution in [0.3, 0.4) is 0 Å². The Hall–Kier alpha value is -1.46. The second-order valence-corrected chi connectivity index (χ2v) is 4.58. The molecule has 0 fully saturated rings. The third-order valence-corrected chi connectivity index (χ3v) is 3.42. The number of hydrogen-bond donors (Lipinski definition) is 1. The highest BCUT2D eigenvalue weighted by atomic mass is 32.1. The van der Waals surface area contributed by atoms with Gasteiger partial charge in [0.2, 0.25) is 5.88 Å². The fourth-order valence-corrected chi connectivity index (χ4v) is 2.30. The van der Waals surface area contributed by atoms with Crippen molar-refractivity contribution in [2.75, 3.05) is 7.11 Å². The smallest absolute Gasteiger partial charge is 0.217 e. The van der Waals surface area contributed by atoms with E-state index in [-0.39, 0.29) is 0 Å². The normalized spacial score (nSPS) is 10.5. The lowest BCUT2D eigenvalue weighted by atomic mass is 10.2. The van der Waals surface area contributed by atoms with Gasteiger partial charge in [0, 0.05) is 29.7 Å². The maximum atomic E-state index is 5.20. The van der Waals surface area contributed by atoms with Crippen molar-refractivity contribution in [2.45, 2.75) is 20.0 Å². The van der Waals surface area contributed by atoms with Crippen molar-refractivity contribution >= 4 is 11.3 Å². The molecule has 2 aromatic rings. The van der Waals surface area contributed by atoms with Gasteiger partial charge in [-0.1, -0.05) is 6.07 Å². The van der Waals surface area contributed by atoms with Gasteiger partial charge in [0.15, 0.2) is 0 Å². The molecule has 17 heavy (non-hydrogen) atoms. The molecule has 0 aliphatic carbocycles. The van der Waals surface area contributed by atoms with Gasteiger partial charge in [0.05, 0.1) is 18.3 Å². The molecule has 0 aliphatic heterocycles. The molecular weight excluding hydrogens is 234 g/mol. The summed E-state index contributed by atoms with van der Waals surface area (Å²) in [7, 11) is 1.64. The van der Waals surface area contributed by atoms with E-state index in [4.69, 9.17) is 4.74 Å². The Morgan fingerprint density at radius 2 is 2.24 bits per heavy atom. The average Bonchev–Trinajstić information content (AvgIpc) is 2.76. The van der Waals surface area contributed by atoms with Crippen LogP contribution in [0.15, 0.2) is 23.8 Å². The highest BCUT2D eigenvalue weighted by Crippen LogP contribution is 2.15. The summed E-state index contributed by atoms with van der Waals surface area (Å²) in [5.41, 5.74) is 4.04. The van der Waals surface area contributed by atoms with Crippen LogP contribution in [0.1, 0.15) is 16.1 Å². The summed E-state index contributed by atoms with van der Waals surface area (Å²) in [5.74, 6) is 0.682. The van der Waals surface area contributed by atoms with Gasteiger partial charge in [-0.2, -0.15) is 0 Å². The van der Waals surface area contributed by atoms with E-state index in [9.17, 15) is 0 Å². The van der Waals surface area contributed by atoms with Crippen molar-refractivity contribution in [2.24, 2.45) is 0 Å². The van der Waals surface area contributed by atoms with Crippen LogP contribution in [0.25, 0.3) is 0 Å². The topological polar surface area (TPSA) is 47.0 Å². The molecule has 0 radical (unpaired) electrons. The lowest BCUT2D eigenvalue weighted by Crippen LogP contribution is -2.13. The number of pyridine rings is 1. The van der Waals surface area contributed by atoms with Crippen LogP contribution in [0.5, 0.6) is 5.88 Å². The van der Waals surface area contributed by atoms with Crippen molar-refractivity contribution in [3.8, 4) is 5.88 Å². The Morgan fingerprint density at radius 1 is 1.35 bits per heavy atom. The number of hydrogen-bond acceptors (Lipinski definition) is 5. The van der Waals surface area contributed by atoms with Crippen LogP contribution in [0.2, 0.25) is 0 Å². The molecular formula is C12H15N3OS. The molecule has 0 aliphatic rings. The zero-order valence-corrected chi connectivity index (χ0v) is 10.8. The minimum atomic E-state index is 0.682. The van der Waals surface area contributed by atoms with E-state index >= 15 is 0 Å². The number of ether oxygens (including phenoxy) is 1. The first-order valence-electron chi connectivity index (χ1n) is 5.39. The Labute approximate surface area is 105 Å². The molecule has 1 N–H and O–H groups in total. The molecule has 0 bridgehead atoms. The van der Waals surface area contributed by atoms with Crippen molar-refractivity contribution in [3.05, 3.63) is 40.0 Å². The second-order valence-electron chi connectivity index (χ2n) is 3.64. The molecule has 2 heterocycles. The molecule has 0 unspecified atom stereocenters. The summed E-state index contributed by atoms with van der Waals surface area (Å²) in [6, 6.07) is 3.93. The average molecular weight is 249 g/mol. The second kappa shape index (κ2) is 5.75. The fraction of sp³-hybridized carbons (Fsp3) is 0.333. The zero-order chi connectivity index (χ0) is 12.1. The van der Waals surface area contributed by atoms with Gasteiger partial charge in [-0.15, -0.1) is 11.3 Å². The minimum absolute atomic E-state index is 0.682. The Kier molecular flexibility index (Phi) is 4.06. The van der Waals surface area contributed by atoms with Crippen LogP contribution in [-0.2, 0) is 13.1 Å². The lowest BCUT2D eigenvalue weighted by Gasteiger charge is -2.07. The number of nitrogens with one attached hydrogen (secondary N) is 1. The molecule has 2 rings (SSSR count). The minimum Gasteiger partial charge on any atom is -0.481 e.